The van der Waals surface area contributed by atoms with Crippen LogP contribution in [-0.2, 0) is 40.8 Å². The molecular weight excluding hydrogens is 785 g/mol. The summed E-state index contributed by atoms with van der Waals surface area (Å²) in [6.07, 6.45) is 0. The zero-order chi connectivity index (χ0) is 41.9. The quantitative estimate of drug-likeness (QED) is 0.204. The number of benzene rings is 4. The molecule has 4 N–H and O–H groups in total. The topological polar surface area (TPSA) is 187 Å². The maximum Gasteiger partial charge on any atom is 0.258 e. The van der Waals surface area contributed by atoms with E-state index in [4.69, 9.17) is 18.9 Å². The second-order valence-electron chi connectivity index (χ2n) is 14.0. The average molecular weight is 833 g/mol. The van der Waals surface area contributed by atoms with Crippen molar-refractivity contribution in [2.45, 2.75) is 73.2 Å². The SMILES string of the molecule is Cc1ccc2c(c1)S(=O)c1cc(C)ccc1OCC(=O)NC(C)CNC(=O)COc1ccc(C)cc1S(=O)c1cc(C)ccc1OCC(=O)NC(C)CNC(=O)CO2. The molecule has 0 aromatic heterocycles. The van der Waals surface area contributed by atoms with Crippen molar-refractivity contribution in [3.8, 4) is 23.0 Å². The summed E-state index contributed by atoms with van der Waals surface area (Å²) in [6.45, 7) is 9.32. The minimum atomic E-state index is -1.84. The lowest BCUT2D eigenvalue weighted by Crippen LogP contribution is -2.44. The van der Waals surface area contributed by atoms with Gasteiger partial charge in [0, 0.05) is 25.2 Å². The van der Waals surface area contributed by atoms with E-state index >= 15 is 0 Å². The molecule has 5 rings (SSSR count). The molecule has 4 aromatic carbocycles. The van der Waals surface area contributed by atoms with Crippen molar-refractivity contribution >= 4 is 45.2 Å². The monoisotopic (exact) mass is 832 g/mol. The highest BCUT2D eigenvalue weighted by molar-refractivity contribution is 7.85. The van der Waals surface area contributed by atoms with Crippen LogP contribution in [0.15, 0.2) is 92.4 Å². The predicted molar refractivity (Wildman–Crippen MR) is 217 cm³/mol. The predicted octanol–water partition coefficient (Wildman–Crippen LogP) is 3.72. The number of ether oxygens (including phenoxy) is 4. The summed E-state index contributed by atoms with van der Waals surface area (Å²) >= 11 is 0. The molecule has 4 aromatic rings. The Morgan fingerprint density at radius 3 is 0.983 bits per heavy atom. The van der Waals surface area contributed by atoms with Crippen LogP contribution < -0.4 is 40.2 Å². The van der Waals surface area contributed by atoms with Gasteiger partial charge in [-0.2, -0.15) is 0 Å². The minimum absolute atomic E-state index is 0.0743. The Bertz CT molecular complexity index is 2080. The maximum absolute atomic E-state index is 14.1. The number of hydrogen-bond acceptors (Lipinski definition) is 10. The second-order valence-corrected chi connectivity index (χ2v) is 16.9. The number of amides is 4. The number of carbonyl (C=O) groups is 4. The zero-order valence-electron chi connectivity index (χ0n) is 33.2. The van der Waals surface area contributed by atoms with E-state index in [0.29, 0.717) is 19.6 Å². The van der Waals surface area contributed by atoms with E-state index in [-0.39, 0.29) is 36.1 Å². The normalized spacial score (nSPS) is 20.5. The first-order valence-electron chi connectivity index (χ1n) is 18.6. The average Bonchev–Trinajstić information content (AvgIpc) is 3.19. The van der Waals surface area contributed by atoms with Crippen LogP contribution in [0.25, 0.3) is 0 Å². The van der Waals surface area contributed by atoms with Crippen LogP contribution >= 0.6 is 0 Å². The Kier molecular flexibility index (Phi) is 15.0. The molecule has 0 fully saturated rings. The highest BCUT2D eigenvalue weighted by atomic mass is 32.2. The Labute approximate surface area is 342 Å². The first kappa shape index (κ1) is 43.4. The molecule has 308 valence electrons. The minimum Gasteiger partial charge on any atom is -0.482 e. The fourth-order valence-corrected chi connectivity index (χ4v) is 8.58. The van der Waals surface area contributed by atoms with Crippen LogP contribution in [0.1, 0.15) is 36.1 Å². The summed E-state index contributed by atoms with van der Waals surface area (Å²) in [6, 6.07) is 19.4. The summed E-state index contributed by atoms with van der Waals surface area (Å²) in [4.78, 5) is 52.8. The highest BCUT2D eigenvalue weighted by Gasteiger charge is 2.23. The molecule has 0 spiro atoms. The summed E-state index contributed by atoms with van der Waals surface area (Å²) in [5.41, 5.74) is 3.22. The van der Waals surface area contributed by atoms with E-state index in [1.165, 1.54) is 0 Å². The Morgan fingerprint density at radius 2 is 0.707 bits per heavy atom. The maximum atomic E-state index is 14.1. The number of hydrogen-bond donors (Lipinski definition) is 4. The smallest absolute Gasteiger partial charge is 0.258 e. The van der Waals surface area contributed by atoms with Crippen molar-refractivity contribution in [1.82, 2.24) is 21.3 Å². The number of carbonyl (C=O) groups excluding carboxylic acids is 4. The highest BCUT2D eigenvalue weighted by Crippen LogP contribution is 2.34. The van der Waals surface area contributed by atoms with Crippen LogP contribution in [0.3, 0.4) is 0 Å². The summed E-state index contributed by atoms with van der Waals surface area (Å²) in [5, 5.41) is 11.0. The molecule has 0 radical (unpaired) electrons. The number of nitrogens with one attached hydrogen (secondary N) is 4. The van der Waals surface area contributed by atoms with Crippen LogP contribution in [0.2, 0.25) is 0 Å². The molecule has 1 aliphatic rings. The van der Waals surface area contributed by atoms with Gasteiger partial charge in [-0.25, -0.2) is 8.42 Å². The van der Waals surface area contributed by atoms with E-state index in [2.05, 4.69) is 21.3 Å². The molecule has 4 unspecified atom stereocenters. The van der Waals surface area contributed by atoms with Crippen molar-refractivity contribution in [1.29, 1.82) is 0 Å². The fourth-order valence-electron chi connectivity index (χ4n) is 5.70. The van der Waals surface area contributed by atoms with Gasteiger partial charge in [-0.15, -0.1) is 0 Å². The van der Waals surface area contributed by atoms with Gasteiger partial charge < -0.3 is 40.2 Å². The lowest BCUT2D eigenvalue weighted by atomic mass is 10.2. The lowest BCUT2D eigenvalue weighted by molar-refractivity contribution is -0.125. The number of rotatable bonds is 0. The van der Waals surface area contributed by atoms with Crippen LogP contribution in [0, 0.1) is 27.7 Å². The van der Waals surface area contributed by atoms with Crippen molar-refractivity contribution in [3.05, 3.63) is 95.1 Å². The summed E-state index contributed by atoms with van der Waals surface area (Å²) in [5.74, 6) is -1.00. The van der Waals surface area contributed by atoms with Crippen LogP contribution in [-0.4, -0.2) is 83.6 Å². The molecule has 0 bridgehead atoms. The fraction of sp³-hybridized carbons (Fsp3) is 0.333. The van der Waals surface area contributed by atoms with E-state index < -0.39 is 83.7 Å². The van der Waals surface area contributed by atoms with E-state index in [1.807, 2.05) is 27.7 Å². The number of aryl methyl sites for hydroxylation is 4. The van der Waals surface area contributed by atoms with Gasteiger partial charge in [0.1, 0.15) is 23.0 Å². The summed E-state index contributed by atoms with van der Waals surface area (Å²) < 4.78 is 51.7. The Morgan fingerprint density at radius 1 is 0.448 bits per heavy atom. The van der Waals surface area contributed by atoms with Gasteiger partial charge in [-0.05, 0) is 112 Å². The van der Waals surface area contributed by atoms with Gasteiger partial charge in [0.05, 0.1) is 41.2 Å². The third-order valence-electron chi connectivity index (χ3n) is 8.66. The van der Waals surface area contributed by atoms with Gasteiger partial charge in [0.2, 0.25) is 0 Å². The Balaban J connectivity index is 1.38. The molecule has 0 saturated heterocycles. The van der Waals surface area contributed by atoms with Gasteiger partial charge >= 0.3 is 0 Å². The lowest BCUT2D eigenvalue weighted by Gasteiger charge is -2.18. The van der Waals surface area contributed by atoms with Crippen LogP contribution in [0.5, 0.6) is 23.0 Å². The van der Waals surface area contributed by atoms with E-state index in [1.54, 1.807) is 86.6 Å². The Hall–Kier alpha value is -5.74. The molecule has 16 heteroatoms. The van der Waals surface area contributed by atoms with E-state index in [9.17, 15) is 27.6 Å². The number of fused-ring (bicyclic) bond motifs is 4. The largest absolute Gasteiger partial charge is 0.482 e. The van der Waals surface area contributed by atoms with Crippen molar-refractivity contribution in [2.24, 2.45) is 0 Å². The second kappa shape index (κ2) is 20.1. The molecular formula is C42H48N4O10S2. The van der Waals surface area contributed by atoms with Crippen LogP contribution in [0.4, 0.5) is 0 Å². The molecule has 0 saturated carbocycles. The standard InChI is InChI=1S/C42H48N4O10S2/c1-25-7-11-31-35(15-25)57(51)37-17-27(3)9-13-33(37)55-23-41(49)45-30(6)20-44-40(48)22-54-32-12-8-26(2)16-36(32)58(52)38-18-28(4)10-14-34(38)56-24-42(50)46-29(5)19-43-39(47)21-53-31/h7-18,29-30H,19-24H2,1-6H3,(H,43,47)(H,44,48)(H,45,49)(H,46,50). The molecule has 0 aliphatic carbocycles. The molecule has 4 amide bonds. The van der Waals surface area contributed by atoms with E-state index in [0.717, 1.165) is 22.3 Å². The van der Waals surface area contributed by atoms with Crippen molar-refractivity contribution in [2.75, 3.05) is 39.5 Å². The third-order valence-corrected chi connectivity index (χ3v) is 11.5. The third kappa shape index (κ3) is 12.1. The summed E-state index contributed by atoms with van der Waals surface area (Å²) in [7, 11) is -3.68. The first-order valence-corrected chi connectivity index (χ1v) is 20.9. The first-order chi connectivity index (χ1) is 27.7. The van der Waals surface area contributed by atoms with Gasteiger partial charge in [-0.1, -0.05) is 24.3 Å². The van der Waals surface area contributed by atoms with Crippen molar-refractivity contribution in [3.63, 3.8) is 0 Å². The molecule has 4 atom stereocenters. The van der Waals surface area contributed by atoms with Gasteiger partial charge in [-0.3, -0.25) is 19.2 Å². The molecule has 14 nitrogen and oxygen atoms in total. The van der Waals surface area contributed by atoms with Crippen molar-refractivity contribution < 1.29 is 46.5 Å². The van der Waals surface area contributed by atoms with Gasteiger partial charge in [0.25, 0.3) is 23.6 Å². The molecule has 58 heavy (non-hydrogen) atoms. The molecule has 1 aliphatic heterocycles. The molecule has 1 heterocycles. The zero-order valence-corrected chi connectivity index (χ0v) is 34.9. The van der Waals surface area contributed by atoms with Gasteiger partial charge in [0.15, 0.2) is 26.4 Å².